The number of nitrogens with zero attached hydrogens (tertiary/aromatic N) is 3. The third-order valence-electron chi connectivity index (χ3n) is 4.97. The summed E-state index contributed by atoms with van der Waals surface area (Å²) in [6.07, 6.45) is 3.49. The molecule has 5 nitrogen and oxygen atoms in total. The van der Waals surface area contributed by atoms with E-state index in [9.17, 15) is 4.79 Å². The number of aromatic nitrogens is 2. The molecular formula is C24H23N3O2S. The summed E-state index contributed by atoms with van der Waals surface area (Å²) in [6.45, 7) is 6.41. The van der Waals surface area contributed by atoms with Gasteiger partial charge in [-0.25, -0.2) is 4.98 Å². The fourth-order valence-corrected chi connectivity index (χ4v) is 4.36. The zero-order valence-electron chi connectivity index (χ0n) is 17.3. The van der Waals surface area contributed by atoms with E-state index >= 15 is 0 Å². The molecule has 2 heterocycles. The van der Waals surface area contributed by atoms with Gasteiger partial charge in [0.1, 0.15) is 5.75 Å². The first-order valence-corrected chi connectivity index (χ1v) is 10.6. The molecule has 4 aromatic rings. The SMILES string of the molecule is Cc1ccccc1OCC(=O)N(Cc1cccnc1)c1nc2c(C)ccc(C)c2s1. The highest BCUT2D eigenvalue weighted by Gasteiger charge is 2.22. The summed E-state index contributed by atoms with van der Waals surface area (Å²) in [5.41, 5.74) is 5.14. The van der Waals surface area contributed by atoms with Gasteiger partial charge in [-0.15, -0.1) is 0 Å². The number of fused-ring (bicyclic) bond motifs is 1. The number of thiazole rings is 1. The summed E-state index contributed by atoms with van der Waals surface area (Å²) < 4.78 is 6.94. The van der Waals surface area contributed by atoms with E-state index in [2.05, 4.69) is 24.0 Å². The summed E-state index contributed by atoms with van der Waals surface area (Å²) in [4.78, 5) is 23.9. The standard InChI is InChI=1S/C24H23N3O2S/c1-16-7-4-5-9-20(16)29-15-21(28)27(14-19-8-6-12-25-13-19)24-26-22-17(2)10-11-18(3)23(22)30-24/h4-13H,14-15H2,1-3H3. The minimum atomic E-state index is -0.142. The van der Waals surface area contributed by atoms with E-state index < -0.39 is 0 Å². The fourth-order valence-electron chi connectivity index (χ4n) is 3.24. The third kappa shape index (κ3) is 4.19. The van der Waals surface area contributed by atoms with E-state index in [-0.39, 0.29) is 12.5 Å². The van der Waals surface area contributed by atoms with E-state index in [1.54, 1.807) is 17.3 Å². The molecule has 0 bridgehead atoms. The van der Waals surface area contributed by atoms with Gasteiger partial charge in [-0.2, -0.15) is 0 Å². The second-order valence-electron chi connectivity index (χ2n) is 7.27. The minimum Gasteiger partial charge on any atom is -0.483 e. The normalized spacial score (nSPS) is 10.9. The van der Waals surface area contributed by atoms with Crippen LogP contribution in [-0.2, 0) is 11.3 Å². The topological polar surface area (TPSA) is 55.3 Å². The lowest BCUT2D eigenvalue weighted by Gasteiger charge is -2.20. The Morgan fingerprint density at radius 2 is 1.80 bits per heavy atom. The molecule has 0 aliphatic heterocycles. The van der Waals surface area contributed by atoms with E-state index in [0.717, 1.165) is 32.5 Å². The maximum absolute atomic E-state index is 13.2. The van der Waals surface area contributed by atoms with Crippen molar-refractivity contribution in [3.8, 4) is 5.75 Å². The lowest BCUT2D eigenvalue weighted by molar-refractivity contribution is -0.120. The van der Waals surface area contributed by atoms with Crippen LogP contribution in [0.5, 0.6) is 5.75 Å². The lowest BCUT2D eigenvalue weighted by Crippen LogP contribution is -2.34. The average molecular weight is 418 g/mol. The second-order valence-corrected chi connectivity index (χ2v) is 8.25. The highest BCUT2D eigenvalue weighted by Crippen LogP contribution is 2.34. The number of amides is 1. The van der Waals surface area contributed by atoms with Crippen molar-refractivity contribution in [3.63, 3.8) is 0 Å². The van der Waals surface area contributed by atoms with Crippen LogP contribution >= 0.6 is 11.3 Å². The fraction of sp³-hybridized carbons (Fsp3) is 0.208. The molecule has 0 saturated heterocycles. The number of aryl methyl sites for hydroxylation is 3. The number of carbonyl (C=O) groups is 1. The molecule has 0 unspecified atom stereocenters. The Morgan fingerprint density at radius 1 is 1.00 bits per heavy atom. The molecule has 152 valence electrons. The van der Waals surface area contributed by atoms with Crippen molar-refractivity contribution in [1.82, 2.24) is 9.97 Å². The zero-order valence-corrected chi connectivity index (χ0v) is 18.1. The van der Waals surface area contributed by atoms with Crippen molar-refractivity contribution in [2.24, 2.45) is 0 Å². The lowest BCUT2D eigenvalue weighted by atomic mass is 10.1. The Labute approximate surface area is 180 Å². The van der Waals surface area contributed by atoms with Crippen molar-refractivity contribution >= 4 is 32.6 Å². The van der Waals surface area contributed by atoms with Crippen LogP contribution in [0.2, 0.25) is 0 Å². The highest BCUT2D eigenvalue weighted by molar-refractivity contribution is 7.22. The van der Waals surface area contributed by atoms with E-state index in [1.807, 2.05) is 50.2 Å². The van der Waals surface area contributed by atoms with Gasteiger partial charge in [0.2, 0.25) is 0 Å². The molecule has 0 atom stereocenters. The number of anilines is 1. The van der Waals surface area contributed by atoms with Gasteiger partial charge in [0.25, 0.3) is 5.91 Å². The molecule has 0 radical (unpaired) electrons. The molecule has 2 aromatic heterocycles. The van der Waals surface area contributed by atoms with Crippen LogP contribution in [0, 0.1) is 20.8 Å². The van der Waals surface area contributed by atoms with E-state index in [0.29, 0.717) is 17.4 Å². The molecule has 0 fully saturated rings. The van der Waals surface area contributed by atoms with Gasteiger partial charge in [-0.05, 0) is 55.2 Å². The van der Waals surface area contributed by atoms with Crippen LogP contribution in [0.1, 0.15) is 22.3 Å². The molecule has 0 saturated carbocycles. The van der Waals surface area contributed by atoms with Crippen LogP contribution in [0.15, 0.2) is 60.9 Å². The maximum Gasteiger partial charge on any atom is 0.267 e. The Balaban J connectivity index is 1.66. The Morgan fingerprint density at radius 3 is 2.53 bits per heavy atom. The smallest absolute Gasteiger partial charge is 0.267 e. The first kappa shape index (κ1) is 20.0. The van der Waals surface area contributed by atoms with E-state index in [1.165, 1.54) is 11.3 Å². The highest BCUT2D eigenvalue weighted by atomic mass is 32.1. The van der Waals surface area contributed by atoms with Crippen molar-refractivity contribution < 1.29 is 9.53 Å². The van der Waals surface area contributed by atoms with Gasteiger partial charge >= 0.3 is 0 Å². The first-order chi connectivity index (χ1) is 14.5. The summed E-state index contributed by atoms with van der Waals surface area (Å²) in [6, 6.07) is 15.7. The van der Waals surface area contributed by atoms with E-state index in [4.69, 9.17) is 9.72 Å². The third-order valence-corrected chi connectivity index (χ3v) is 6.18. The maximum atomic E-state index is 13.2. The zero-order chi connectivity index (χ0) is 21.1. The molecule has 30 heavy (non-hydrogen) atoms. The predicted octanol–water partition coefficient (Wildman–Crippen LogP) is 5.23. The van der Waals surface area contributed by atoms with Crippen LogP contribution in [0.3, 0.4) is 0 Å². The van der Waals surface area contributed by atoms with Gasteiger partial charge in [-0.1, -0.05) is 47.7 Å². The molecule has 1 amide bonds. The molecule has 0 N–H and O–H groups in total. The molecule has 0 aliphatic rings. The summed E-state index contributed by atoms with van der Waals surface area (Å²) in [5, 5.41) is 0.671. The van der Waals surface area contributed by atoms with Crippen molar-refractivity contribution in [3.05, 3.63) is 83.2 Å². The number of rotatable bonds is 6. The summed E-state index contributed by atoms with van der Waals surface area (Å²) in [7, 11) is 0. The number of hydrogen-bond donors (Lipinski definition) is 0. The van der Waals surface area contributed by atoms with Gasteiger partial charge in [0, 0.05) is 12.4 Å². The minimum absolute atomic E-state index is 0.0565. The van der Waals surface area contributed by atoms with Gasteiger partial charge in [-0.3, -0.25) is 14.7 Å². The molecular weight excluding hydrogens is 394 g/mol. The number of pyridine rings is 1. The predicted molar refractivity (Wildman–Crippen MR) is 121 cm³/mol. The number of hydrogen-bond acceptors (Lipinski definition) is 5. The quantitative estimate of drug-likeness (QED) is 0.431. The Hall–Kier alpha value is -3.25. The van der Waals surface area contributed by atoms with Crippen LogP contribution in [-0.4, -0.2) is 22.5 Å². The number of para-hydroxylation sites is 1. The molecule has 0 aliphatic carbocycles. The molecule has 4 rings (SSSR count). The second kappa shape index (κ2) is 8.63. The first-order valence-electron chi connectivity index (χ1n) is 9.77. The summed E-state index contributed by atoms with van der Waals surface area (Å²) >= 11 is 1.54. The largest absolute Gasteiger partial charge is 0.483 e. The van der Waals surface area contributed by atoms with Crippen molar-refractivity contribution in [1.29, 1.82) is 0 Å². The van der Waals surface area contributed by atoms with Gasteiger partial charge in [0.15, 0.2) is 11.7 Å². The average Bonchev–Trinajstić information content (AvgIpc) is 3.21. The molecule has 2 aromatic carbocycles. The van der Waals surface area contributed by atoms with Crippen molar-refractivity contribution in [2.45, 2.75) is 27.3 Å². The van der Waals surface area contributed by atoms with Gasteiger partial charge < -0.3 is 4.74 Å². The Bertz CT molecular complexity index is 1150. The van der Waals surface area contributed by atoms with Crippen LogP contribution in [0.25, 0.3) is 10.2 Å². The molecule has 0 spiro atoms. The monoisotopic (exact) mass is 417 g/mol. The van der Waals surface area contributed by atoms with Crippen LogP contribution in [0.4, 0.5) is 5.13 Å². The van der Waals surface area contributed by atoms with Crippen molar-refractivity contribution in [2.75, 3.05) is 11.5 Å². The number of carbonyl (C=O) groups excluding carboxylic acids is 1. The van der Waals surface area contributed by atoms with Gasteiger partial charge in [0.05, 0.1) is 16.8 Å². The number of benzene rings is 2. The Kier molecular flexibility index (Phi) is 5.77. The van der Waals surface area contributed by atoms with Crippen LogP contribution < -0.4 is 9.64 Å². The molecule has 6 heteroatoms. The number of ether oxygens (including phenoxy) is 1. The summed E-state index contributed by atoms with van der Waals surface area (Å²) in [5.74, 6) is 0.569.